The zero-order valence-corrected chi connectivity index (χ0v) is 17.5. The average molecular weight is 396 g/mol. The number of hydrogen-bond acceptors (Lipinski definition) is 4. The zero-order valence-electron chi connectivity index (χ0n) is 16.7. The van der Waals surface area contributed by atoms with E-state index in [1.165, 1.54) is 20.0 Å². The summed E-state index contributed by atoms with van der Waals surface area (Å²) in [7, 11) is -2.02. The van der Waals surface area contributed by atoms with Crippen LogP contribution in [0.2, 0.25) is 0 Å². The smallest absolute Gasteiger partial charge is 0.240 e. The lowest BCUT2D eigenvalue weighted by Crippen LogP contribution is -2.48. The molecule has 1 saturated heterocycles. The highest BCUT2D eigenvalue weighted by atomic mass is 32.2. The normalized spacial score (nSPS) is 17.1. The average Bonchev–Trinajstić information content (AvgIpc) is 2.68. The van der Waals surface area contributed by atoms with Gasteiger partial charge in [-0.3, -0.25) is 0 Å². The highest BCUT2D eigenvalue weighted by Crippen LogP contribution is 2.13. The molecule has 27 heavy (non-hydrogen) atoms. The molecule has 1 aromatic rings. The minimum Gasteiger partial charge on any atom is -0.357 e. The molecule has 2 rings (SSSR count). The standard InChI is InChI=1S/C19H33N5O2S/c1-4-11-24-12-9-17(10-13-24)23-19(21-5-2)22-15-16-7-6-8-18(14-16)27(25,26)20-3/h6-8,14,17,20H,4-5,9-13,15H2,1-3H3,(H2,21,22,23). The Morgan fingerprint density at radius 2 is 2.00 bits per heavy atom. The van der Waals surface area contributed by atoms with E-state index in [1.807, 2.05) is 13.0 Å². The lowest BCUT2D eigenvalue weighted by atomic mass is 10.1. The van der Waals surface area contributed by atoms with Crippen LogP contribution in [0.15, 0.2) is 34.2 Å². The van der Waals surface area contributed by atoms with E-state index < -0.39 is 10.0 Å². The van der Waals surface area contributed by atoms with E-state index in [0.29, 0.717) is 12.6 Å². The van der Waals surface area contributed by atoms with E-state index >= 15 is 0 Å². The molecule has 0 unspecified atom stereocenters. The van der Waals surface area contributed by atoms with Crippen molar-refractivity contribution in [1.82, 2.24) is 20.3 Å². The van der Waals surface area contributed by atoms with Gasteiger partial charge in [-0.2, -0.15) is 0 Å². The maximum Gasteiger partial charge on any atom is 0.240 e. The SMILES string of the molecule is CCCN1CCC(NC(=NCc2cccc(S(=O)(=O)NC)c2)NCC)CC1. The predicted molar refractivity (Wildman–Crippen MR) is 110 cm³/mol. The molecule has 1 aromatic carbocycles. The van der Waals surface area contributed by atoms with Crippen molar-refractivity contribution < 1.29 is 8.42 Å². The first-order chi connectivity index (χ1) is 13.0. The molecule has 1 aliphatic rings. The molecule has 0 saturated carbocycles. The molecular weight excluding hydrogens is 362 g/mol. The van der Waals surface area contributed by atoms with Gasteiger partial charge in [0.25, 0.3) is 0 Å². The van der Waals surface area contributed by atoms with Crippen LogP contribution < -0.4 is 15.4 Å². The monoisotopic (exact) mass is 395 g/mol. The number of hydrogen-bond donors (Lipinski definition) is 3. The first-order valence-corrected chi connectivity index (χ1v) is 11.3. The summed E-state index contributed by atoms with van der Waals surface area (Å²) in [6, 6.07) is 7.32. The Labute approximate surface area is 163 Å². The van der Waals surface area contributed by atoms with E-state index in [2.05, 4.69) is 32.2 Å². The van der Waals surface area contributed by atoms with Gasteiger partial charge in [-0.25, -0.2) is 18.1 Å². The molecule has 1 fully saturated rings. The summed E-state index contributed by atoms with van der Waals surface area (Å²) < 4.78 is 26.3. The van der Waals surface area contributed by atoms with Gasteiger partial charge < -0.3 is 15.5 Å². The first kappa shape index (κ1) is 21.7. The summed E-state index contributed by atoms with van der Waals surface area (Å²) in [5.41, 5.74) is 0.862. The highest BCUT2D eigenvalue weighted by molar-refractivity contribution is 7.89. The molecule has 0 spiro atoms. The van der Waals surface area contributed by atoms with Gasteiger partial charge in [-0.15, -0.1) is 0 Å². The van der Waals surface area contributed by atoms with Crippen LogP contribution in [-0.4, -0.2) is 58.5 Å². The van der Waals surface area contributed by atoms with Crippen molar-refractivity contribution in [1.29, 1.82) is 0 Å². The Balaban J connectivity index is 1.99. The molecule has 8 heteroatoms. The Kier molecular flexibility index (Phi) is 8.53. The molecule has 1 heterocycles. The lowest BCUT2D eigenvalue weighted by Gasteiger charge is -2.32. The van der Waals surface area contributed by atoms with E-state index in [9.17, 15) is 8.42 Å². The Morgan fingerprint density at radius 1 is 1.26 bits per heavy atom. The van der Waals surface area contributed by atoms with Crippen LogP contribution >= 0.6 is 0 Å². The van der Waals surface area contributed by atoms with Gasteiger partial charge in [0.2, 0.25) is 10.0 Å². The van der Waals surface area contributed by atoms with Crippen molar-refractivity contribution in [3.8, 4) is 0 Å². The van der Waals surface area contributed by atoms with E-state index in [1.54, 1.807) is 18.2 Å². The minimum absolute atomic E-state index is 0.263. The minimum atomic E-state index is -3.44. The fraction of sp³-hybridized carbons (Fsp3) is 0.632. The third-order valence-corrected chi connectivity index (χ3v) is 6.12. The van der Waals surface area contributed by atoms with Gasteiger partial charge in [0.1, 0.15) is 0 Å². The largest absolute Gasteiger partial charge is 0.357 e. The van der Waals surface area contributed by atoms with Crippen LogP contribution in [-0.2, 0) is 16.6 Å². The maximum atomic E-state index is 12.0. The number of guanidine groups is 1. The first-order valence-electron chi connectivity index (χ1n) is 9.78. The second-order valence-electron chi connectivity index (χ2n) is 6.81. The third-order valence-electron chi connectivity index (χ3n) is 4.71. The number of sulfonamides is 1. The molecule has 0 aliphatic carbocycles. The number of piperidine rings is 1. The Bertz CT molecular complexity index is 713. The summed E-state index contributed by atoms with van der Waals surface area (Å²) in [4.78, 5) is 7.42. The fourth-order valence-electron chi connectivity index (χ4n) is 3.23. The van der Waals surface area contributed by atoms with Crippen LogP contribution in [0.25, 0.3) is 0 Å². The van der Waals surface area contributed by atoms with E-state index in [-0.39, 0.29) is 4.90 Å². The molecule has 152 valence electrons. The molecule has 0 radical (unpaired) electrons. The van der Waals surface area contributed by atoms with Gasteiger partial charge in [0.15, 0.2) is 5.96 Å². The topological polar surface area (TPSA) is 85.8 Å². The van der Waals surface area contributed by atoms with Gasteiger partial charge in [0, 0.05) is 25.7 Å². The van der Waals surface area contributed by atoms with Crippen molar-refractivity contribution in [3.05, 3.63) is 29.8 Å². The molecule has 0 bridgehead atoms. The van der Waals surface area contributed by atoms with Crippen LogP contribution in [0.1, 0.15) is 38.7 Å². The summed E-state index contributed by atoms with van der Waals surface area (Å²) in [5, 5.41) is 6.81. The molecule has 0 atom stereocenters. The quantitative estimate of drug-likeness (QED) is 0.459. The number of nitrogens with zero attached hydrogens (tertiary/aromatic N) is 2. The molecule has 0 aromatic heterocycles. The third kappa shape index (κ3) is 6.79. The molecular formula is C19H33N5O2S. The van der Waals surface area contributed by atoms with Crippen molar-refractivity contribution in [3.63, 3.8) is 0 Å². The number of nitrogens with one attached hydrogen (secondary N) is 3. The van der Waals surface area contributed by atoms with Gasteiger partial charge in [-0.1, -0.05) is 19.1 Å². The second-order valence-corrected chi connectivity index (χ2v) is 8.70. The molecule has 7 nitrogen and oxygen atoms in total. The van der Waals surface area contributed by atoms with Crippen molar-refractivity contribution >= 4 is 16.0 Å². The molecule has 3 N–H and O–H groups in total. The van der Waals surface area contributed by atoms with Gasteiger partial charge >= 0.3 is 0 Å². The predicted octanol–water partition coefficient (Wildman–Crippen LogP) is 1.52. The van der Waals surface area contributed by atoms with Crippen molar-refractivity contribution in [2.24, 2.45) is 4.99 Å². The van der Waals surface area contributed by atoms with Gasteiger partial charge in [-0.05, 0) is 57.5 Å². The summed E-state index contributed by atoms with van der Waals surface area (Å²) in [5.74, 6) is 0.785. The number of rotatable bonds is 8. The summed E-state index contributed by atoms with van der Waals surface area (Å²) >= 11 is 0. The van der Waals surface area contributed by atoms with Crippen LogP contribution in [0, 0.1) is 0 Å². The van der Waals surface area contributed by atoms with Crippen molar-refractivity contribution in [2.45, 2.75) is 50.6 Å². The fourth-order valence-corrected chi connectivity index (χ4v) is 4.03. The highest BCUT2D eigenvalue weighted by Gasteiger charge is 2.19. The van der Waals surface area contributed by atoms with Crippen molar-refractivity contribution in [2.75, 3.05) is 33.2 Å². The lowest BCUT2D eigenvalue weighted by molar-refractivity contribution is 0.206. The number of aliphatic imine (C=N–C) groups is 1. The molecule has 0 amide bonds. The summed E-state index contributed by atoms with van der Waals surface area (Å²) in [6.07, 6.45) is 3.42. The number of benzene rings is 1. The summed E-state index contributed by atoms with van der Waals surface area (Å²) in [6.45, 7) is 8.89. The second kappa shape index (κ2) is 10.6. The molecule has 1 aliphatic heterocycles. The Hall–Kier alpha value is -1.64. The number of likely N-dealkylation sites (tertiary alicyclic amines) is 1. The van der Waals surface area contributed by atoms with Crippen LogP contribution in [0.5, 0.6) is 0 Å². The van der Waals surface area contributed by atoms with E-state index in [4.69, 9.17) is 0 Å². The zero-order chi connectivity index (χ0) is 19.7. The van der Waals surface area contributed by atoms with Crippen LogP contribution in [0.4, 0.5) is 0 Å². The van der Waals surface area contributed by atoms with Gasteiger partial charge in [0.05, 0.1) is 11.4 Å². The maximum absolute atomic E-state index is 12.0. The van der Waals surface area contributed by atoms with Crippen LogP contribution in [0.3, 0.4) is 0 Å². The van der Waals surface area contributed by atoms with E-state index in [0.717, 1.165) is 44.0 Å². The Morgan fingerprint density at radius 3 is 2.63 bits per heavy atom.